The van der Waals surface area contributed by atoms with Gasteiger partial charge in [-0.2, -0.15) is 0 Å². The van der Waals surface area contributed by atoms with Gasteiger partial charge in [0.15, 0.2) is 0 Å². The Morgan fingerprint density at radius 3 is 0.412 bits per heavy atom. The first-order valence-corrected chi connectivity index (χ1v) is 2.61. The molecule has 0 aliphatic rings. The van der Waals surface area contributed by atoms with E-state index in [-0.39, 0.29) is 11.0 Å². The van der Waals surface area contributed by atoms with Crippen LogP contribution in [-0.2, 0) is 0 Å². The first kappa shape index (κ1) is 29.2. The average Bonchev–Trinajstić information content (AvgIpc) is 1.76. The lowest BCUT2D eigenvalue weighted by Gasteiger charge is -1.60. The van der Waals surface area contributed by atoms with E-state index in [1.807, 2.05) is 0 Å². The summed E-state index contributed by atoms with van der Waals surface area (Å²) in [7, 11) is 0. The zero-order valence-electron chi connectivity index (χ0n) is 7.21. The van der Waals surface area contributed by atoms with E-state index in [2.05, 4.69) is 0 Å². The lowest BCUT2D eigenvalue weighted by Crippen LogP contribution is -1.81. The van der Waals surface area contributed by atoms with Gasteiger partial charge in [0, 0.05) is 0 Å². The minimum absolute atomic E-state index is 0. The fourth-order valence-electron chi connectivity index (χ4n) is 0. The van der Waals surface area contributed by atoms with E-state index in [9.17, 15) is 0 Å². The summed E-state index contributed by atoms with van der Waals surface area (Å²) in [4.78, 5) is 34.2. The minimum Gasteiger partial charge on any atom is -0.450 e. The first-order valence-electron chi connectivity index (χ1n) is 2.61. The minimum atomic E-state index is -1.83. The van der Waals surface area contributed by atoms with Crippen molar-refractivity contribution in [2.75, 3.05) is 0 Å². The van der Waals surface area contributed by atoms with Gasteiger partial charge in [0.2, 0.25) is 0 Å². The Morgan fingerprint density at radius 1 is 0.412 bits per heavy atom. The molecule has 17 heavy (non-hydrogen) atoms. The molecule has 0 atom stereocenters. The Bertz CT molecular complexity index is 159. The third kappa shape index (κ3) is 232. The number of rotatable bonds is 0. The van der Waals surface area contributed by atoms with Crippen LogP contribution in [0.3, 0.4) is 0 Å². The molecule has 0 bridgehead atoms. The molecule has 0 aliphatic heterocycles. The Kier molecular flexibility index (Phi) is 40.0. The Labute approximate surface area is 96.6 Å². The third-order valence-corrected chi connectivity index (χ3v) is 0. The molecule has 0 rings (SSSR count). The van der Waals surface area contributed by atoms with E-state index in [1.165, 1.54) is 0 Å². The van der Waals surface area contributed by atoms with Crippen LogP contribution in [0.25, 0.3) is 0 Å². The van der Waals surface area contributed by atoms with E-state index in [0.717, 1.165) is 0 Å². The van der Waals surface area contributed by atoms with E-state index in [1.54, 1.807) is 0 Å². The molecule has 0 aliphatic carbocycles. The number of hydrogen-bond donors (Lipinski definition) is 8. The molecule has 0 amide bonds. The SMILES string of the molecule is O=C(O)O.O=C(O)O.O=C(O)O.O=C(O)O.[SiH4]. The van der Waals surface area contributed by atoms with Gasteiger partial charge < -0.3 is 40.9 Å². The van der Waals surface area contributed by atoms with E-state index in [4.69, 9.17) is 60.0 Å². The fourth-order valence-corrected chi connectivity index (χ4v) is 0. The summed E-state index contributed by atoms with van der Waals surface area (Å²) >= 11 is 0. The predicted octanol–water partition coefficient (Wildman–Crippen LogP) is -0.562. The fraction of sp³-hybridized carbons (Fsp3) is 0. The van der Waals surface area contributed by atoms with Gasteiger partial charge in [-0.05, 0) is 11.0 Å². The molecule has 0 fully saturated rings. The molecular formula is C4H12O12Si. The Morgan fingerprint density at radius 2 is 0.412 bits per heavy atom. The van der Waals surface area contributed by atoms with Crippen LogP contribution in [0.15, 0.2) is 0 Å². The second-order valence-corrected chi connectivity index (χ2v) is 1.13. The zero-order chi connectivity index (χ0) is 14.3. The summed E-state index contributed by atoms with van der Waals surface area (Å²) in [5.41, 5.74) is 0. The molecule has 12 nitrogen and oxygen atoms in total. The largest absolute Gasteiger partial charge is 0.503 e. The van der Waals surface area contributed by atoms with Crippen LogP contribution in [0.4, 0.5) is 19.2 Å². The van der Waals surface area contributed by atoms with Crippen LogP contribution in [0.1, 0.15) is 0 Å². The van der Waals surface area contributed by atoms with Crippen molar-refractivity contribution in [3.05, 3.63) is 0 Å². The number of hydrogen-bond acceptors (Lipinski definition) is 4. The summed E-state index contributed by atoms with van der Waals surface area (Å²) in [5.74, 6) is 0. The summed E-state index contributed by atoms with van der Waals surface area (Å²) in [6.45, 7) is 0. The maximum Gasteiger partial charge on any atom is 0.503 e. The van der Waals surface area contributed by atoms with E-state index >= 15 is 0 Å². The van der Waals surface area contributed by atoms with Crippen molar-refractivity contribution in [2.45, 2.75) is 0 Å². The molecule has 0 aromatic carbocycles. The van der Waals surface area contributed by atoms with Gasteiger partial charge in [-0.15, -0.1) is 0 Å². The molecule has 8 N–H and O–H groups in total. The highest BCUT2D eigenvalue weighted by Gasteiger charge is 1.71. The van der Waals surface area contributed by atoms with Gasteiger partial charge in [0.05, 0.1) is 0 Å². The monoisotopic (exact) mass is 280 g/mol. The molecule has 13 heteroatoms. The van der Waals surface area contributed by atoms with Crippen LogP contribution >= 0.6 is 0 Å². The lowest BCUT2D eigenvalue weighted by molar-refractivity contribution is 0.135. The molecule has 0 heterocycles. The lowest BCUT2D eigenvalue weighted by atomic mass is 11.5. The van der Waals surface area contributed by atoms with Gasteiger partial charge in [-0.3, -0.25) is 0 Å². The highest BCUT2D eigenvalue weighted by atomic mass is 28.1. The average molecular weight is 280 g/mol. The maximum absolute atomic E-state index is 8.56. The molecule has 0 radical (unpaired) electrons. The molecule has 0 saturated carbocycles. The smallest absolute Gasteiger partial charge is 0.450 e. The highest BCUT2D eigenvalue weighted by Crippen LogP contribution is 1.43. The van der Waals surface area contributed by atoms with Gasteiger partial charge in [-0.1, -0.05) is 0 Å². The molecular weight excluding hydrogens is 268 g/mol. The molecule has 0 aromatic rings. The predicted molar refractivity (Wildman–Crippen MR) is 53.9 cm³/mol. The maximum atomic E-state index is 8.56. The van der Waals surface area contributed by atoms with Crippen LogP contribution in [0, 0.1) is 0 Å². The van der Waals surface area contributed by atoms with Crippen molar-refractivity contribution in [3.63, 3.8) is 0 Å². The number of carbonyl (C=O) groups is 4. The molecule has 0 aromatic heterocycles. The van der Waals surface area contributed by atoms with Crippen molar-refractivity contribution in [2.24, 2.45) is 0 Å². The Hall–Kier alpha value is -2.70. The summed E-state index contributed by atoms with van der Waals surface area (Å²) in [6.07, 6.45) is -7.33. The summed E-state index contributed by atoms with van der Waals surface area (Å²) < 4.78 is 0. The standard InChI is InChI=1S/4CH2O3.H4Si/c4*2-1(3)4;/h4*(H2,2,3,4);1H4. The van der Waals surface area contributed by atoms with E-state index < -0.39 is 24.6 Å². The van der Waals surface area contributed by atoms with E-state index in [0.29, 0.717) is 0 Å². The van der Waals surface area contributed by atoms with Crippen molar-refractivity contribution in [3.8, 4) is 0 Å². The second-order valence-electron chi connectivity index (χ2n) is 1.13. The molecule has 104 valence electrons. The van der Waals surface area contributed by atoms with Crippen LogP contribution < -0.4 is 0 Å². The first-order chi connectivity index (χ1) is 6.93. The molecule has 0 saturated heterocycles. The molecule has 0 spiro atoms. The van der Waals surface area contributed by atoms with Crippen molar-refractivity contribution < 1.29 is 60.0 Å². The van der Waals surface area contributed by atoms with Crippen LogP contribution in [0.2, 0.25) is 0 Å². The van der Waals surface area contributed by atoms with Crippen LogP contribution in [0.5, 0.6) is 0 Å². The van der Waals surface area contributed by atoms with Gasteiger partial charge in [-0.25, -0.2) is 19.2 Å². The van der Waals surface area contributed by atoms with Gasteiger partial charge in [0.25, 0.3) is 0 Å². The van der Waals surface area contributed by atoms with Crippen molar-refractivity contribution in [1.82, 2.24) is 0 Å². The molecule has 0 unspecified atom stereocenters. The van der Waals surface area contributed by atoms with Gasteiger partial charge in [0.1, 0.15) is 0 Å². The topological polar surface area (TPSA) is 230 Å². The number of carboxylic acid groups (broad SMARTS) is 8. The zero-order valence-corrected chi connectivity index (χ0v) is 7.21. The van der Waals surface area contributed by atoms with Gasteiger partial charge >= 0.3 is 24.6 Å². The summed E-state index contributed by atoms with van der Waals surface area (Å²) in [6, 6.07) is 0. The van der Waals surface area contributed by atoms with Crippen molar-refractivity contribution >= 4 is 35.6 Å². The normalized spacial score (nSPS) is 5.65. The van der Waals surface area contributed by atoms with Crippen molar-refractivity contribution in [1.29, 1.82) is 0 Å². The van der Waals surface area contributed by atoms with Crippen LogP contribution in [-0.4, -0.2) is 76.4 Å². The summed E-state index contributed by atoms with van der Waals surface area (Å²) in [5, 5.41) is 55.8. The Balaban J connectivity index is -0.0000000369. The third-order valence-electron chi connectivity index (χ3n) is 0. The highest BCUT2D eigenvalue weighted by molar-refractivity contribution is 5.75. The quantitative estimate of drug-likeness (QED) is 0.261. The second kappa shape index (κ2) is 23.3.